The summed E-state index contributed by atoms with van der Waals surface area (Å²) in [4.78, 5) is 8.60. The van der Waals surface area contributed by atoms with Crippen molar-refractivity contribution in [3.05, 3.63) is 41.9 Å². The number of rotatable bonds is 4. The Morgan fingerprint density at radius 1 is 1.04 bits per heavy atom. The molecule has 1 fully saturated rings. The van der Waals surface area contributed by atoms with E-state index in [1.807, 2.05) is 17.0 Å². The molecule has 0 unspecified atom stereocenters. The van der Waals surface area contributed by atoms with E-state index in [9.17, 15) is 13.2 Å². The van der Waals surface area contributed by atoms with E-state index in [2.05, 4.69) is 25.2 Å². The molecule has 4 rings (SSSR count). The van der Waals surface area contributed by atoms with Crippen molar-refractivity contribution >= 4 is 11.5 Å². The molecule has 0 radical (unpaired) electrons. The lowest BCUT2D eigenvalue weighted by molar-refractivity contribution is -0.146. The van der Waals surface area contributed by atoms with Crippen LogP contribution in [-0.2, 0) is 12.7 Å². The van der Waals surface area contributed by atoms with E-state index in [1.54, 1.807) is 19.2 Å². The lowest BCUT2D eigenvalue weighted by Crippen LogP contribution is -2.46. The Bertz CT molecular complexity index is 967. The fourth-order valence-electron chi connectivity index (χ4n) is 3.15. The molecule has 1 saturated heterocycles. The van der Waals surface area contributed by atoms with Crippen molar-refractivity contribution in [3.8, 4) is 5.88 Å². The Hall–Kier alpha value is -2.95. The number of nitrogens with zero attached hydrogens (tertiary/aromatic N) is 7. The Kier molecular flexibility index (Phi) is 4.75. The van der Waals surface area contributed by atoms with E-state index in [0.717, 1.165) is 23.3 Å². The van der Waals surface area contributed by atoms with Crippen molar-refractivity contribution in [3.63, 3.8) is 0 Å². The molecule has 8 nitrogen and oxygen atoms in total. The highest BCUT2D eigenvalue weighted by Gasteiger charge is 2.37. The van der Waals surface area contributed by atoms with E-state index in [0.29, 0.717) is 31.3 Å². The third kappa shape index (κ3) is 3.70. The largest absolute Gasteiger partial charge is 0.481 e. The lowest BCUT2D eigenvalue weighted by Gasteiger charge is -2.35. The van der Waals surface area contributed by atoms with Gasteiger partial charge in [0.15, 0.2) is 5.65 Å². The van der Waals surface area contributed by atoms with Crippen molar-refractivity contribution in [2.24, 2.45) is 0 Å². The first-order valence-electron chi connectivity index (χ1n) is 8.71. The van der Waals surface area contributed by atoms with Gasteiger partial charge in [-0.05, 0) is 18.2 Å². The van der Waals surface area contributed by atoms with Crippen LogP contribution in [0.1, 0.15) is 11.5 Å². The van der Waals surface area contributed by atoms with Crippen LogP contribution in [0.25, 0.3) is 5.65 Å². The molecule has 11 heteroatoms. The average Bonchev–Trinajstić information content (AvgIpc) is 3.12. The fraction of sp³-hybridized carbons (Fsp3) is 0.412. The van der Waals surface area contributed by atoms with Gasteiger partial charge in [-0.1, -0.05) is 6.07 Å². The number of halogens is 3. The first-order chi connectivity index (χ1) is 13.4. The molecule has 0 atom stereocenters. The Morgan fingerprint density at radius 2 is 1.82 bits per heavy atom. The molecular formula is C17H18F3N7O. The number of methoxy groups -OCH3 is 1. The molecule has 1 aliphatic rings. The van der Waals surface area contributed by atoms with Crippen LogP contribution >= 0.6 is 0 Å². The summed E-state index contributed by atoms with van der Waals surface area (Å²) in [5, 5.41) is 10.8. The first-order valence-corrected chi connectivity index (χ1v) is 8.71. The van der Waals surface area contributed by atoms with Gasteiger partial charge in [-0.3, -0.25) is 4.90 Å². The molecule has 148 valence electrons. The predicted octanol–water partition coefficient (Wildman–Crippen LogP) is 1.87. The summed E-state index contributed by atoms with van der Waals surface area (Å²) in [5.74, 6) is -0.0768. The standard InChI is InChI=1S/C17H18F3N7O/c1-28-15-4-2-3-12(21-15)11-25-7-9-26(10-8-25)14-6-5-13-22-23-16(17(18,19)20)27(13)24-14/h2-6H,7-11H2,1H3. The lowest BCUT2D eigenvalue weighted by atomic mass is 10.2. The van der Waals surface area contributed by atoms with Crippen LogP contribution in [0, 0.1) is 0 Å². The van der Waals surface area contributed by atoms with Gasteiger partial charge in [0.1, 0.15) is 5.82 Å². The third-order valence-electron chi connectivity index (χ3n) is 4.57. The summed E-state index contributed by atoms with van der Waals surface area (Å²) in [5.41, 5.74) is 0.977. The summed E-state index contributed by atoms with van der Waals surface area (Å²) in [6.07, 6.45) is -4.60. The molecule has 1 aliphatic heterocycles. The van der Waals surface area contributed by atoms with Gasteiger partial charge in [-0.25, -0.2) is 4.98 Å². The monoisotopic (exact) mass is 393 g/mol. The maximum Gasteiger partial charge on any atom is 0.453 e. The van der Waals surface area contributed by atoms with Crippen LogP contribution in [0.2, 0.25) is 0 Å². The smallest absolute Gasteiger partial charge is 0.453 e. The van der Waals surface area contributed by atoms with Gasteiger partial charge in [-0.2, -0.15) is 17.7 Å². The van der Waals surface area contributed by atoms with E-state index < -0.39 is 12.0 Å². The second kappa shape index (κ2) is 7.23. The predicted molar refractivity (Wildman–Crippen MR) is 94.1 cm³/mol. The van der Waals surface area contributed by atoms with Crippen LogP contribution in [-0.4, -0.2) is 63.0 Å². The van der Waals surface area contributed by atoms with Gasteiger partial charge in [0.25, 0.3) is 5.82 Å². The number of alkyl halides is 3. The van der Waals surface area contributed by atoms with E-state index in [4.69, 9.17) is 4.74 Å². The van der Waals surface area contributed by atoms with Gasteiger partial charge in [-0.15, -0.1) is 15.3 Å². The van der Waals surface area contributed by atoms with E-state index in [-0.39, 0.29) is 5.65 Å². The second-order valence-electron chi connectivity index (χ2n) is 6.42. The van der Waals surface area contributed by atoms with E-state index in [1.165, 1.54) is 6.07 Å². The first kappa shape index (κ1) is 18.4. The minimum atomic E-state index is -4.60. The van der Waals surface area contributed by atoms with Crippen molar-refractivity contribution < 1.29 is 17.9 Å². The average molecular weight is 393 g/mol. The molecule has 0 aliphatic carbocycles. The third-order valence-corrected chi connectivity index (χ3v) is 4.57. The normalized spacial score (nSPS) is 15.9. The molecule has 0 amide bonds. The molecule has 0 bridgehead atoms. The molecule has 28 heavy (non-hydrogen) atoms. The van der Waals surface area contributed by atoms with Crippen molar-refractivity contribution in [2.75, 3.05) is 38.2 Å². The molecule has 3 aromatic rings. The van der Waals surface area contributed by atoms with Crippen molar-refractivity contribution in [1.82, 2.24) is 29.7 Å². The van der Waals surface area contributed by atoms with Crippen LogP contribution in [0.3, 0.4) is 0 Å². The van der Waals surface area contributed by atoms with Gasteiger partial charge in [0.2, 0.25) is 5.88 Å². The van der Waals surface area contributed by atoms with Crippen LogP contribution in [0.4, 0.5) is 19.0 Å². The van der Waals surface area contributed by atoms with Crippen LogP contribution < -0.4 is 9.64 Å². The van der Waals surface area contributed by atoms with Crippen LogP contribution in [0.5, 0.6) is 5.88 Å². The fourth-order valence-corrected chi connectivity index (χ4v) is 3.15. The zero-order valence-electron chi connectivity index (χ0n) is 15.1. The zero-order chi connectivity index (χ0) is 19.7. The molecular weight excluding hydrogens is 375 g/mol. The molecule has 0 saturated carbocycles. The van der Waals surface area contributed by atoms with Crippen molar-refractivity contribution in [1.29, 1.82) is 0 Å². The molecule has 0 spiro atoms. The minimum absolute atomic E-state index is 0.0683. The molecule has 0 N–H and O–H groups in total. The summed E-state index contributed by atoms with van der Waals surface area (Å²) < 4.78 is 45.0. The zero-order valence-corrected chi connectivity index (χ0v) is 15.1. The summed E-state index contributed by atoms with van der Waals surface area (Å²) in [6, 6.07) is 8.80. The van der Waals surface area contributed by atoms with Crippen molar-refractivity contribution in [2.45, 2.75) is 12.7 Å². The van der Waals surface area contributed by atoms with E-state index >= 15 is 0 Å². The Morgan fingerprint density at radius 3 is 2.54 bits per heavy atom. The minimum Gasteiger partial charge on any atom is -0.481 e. The number of pyridine rings is 1. The molecule has 3 aromatic heterocycles. The number of ether oxygens (including phenoxy) is 1. The SMILES string of the molecule is COc1cccc(CN2CCN(c3ccc4nnc(C(F)(F)F)n4n3)CC2)n1. The van der Waals surface area contributed by atoms with Gasteiger partial charge < -0.3 is 9.64 Å². The maximum absolute atomic E-state index is 13.0. The Labute approximate surface area is 158 Å². The quantitative estimate of drug-likeness (QED) is 0.670. The highest BCUT2D eigenvalue weighted by molar-refractivity contribution is 5.46. The van der Waals surface area contributed by atoms with Gasteiger partial charge in [0.05, 0.1) is 12.8 Å². The number of hydrogen-bond acceptors (Lipinski definition) is 7. The Balaban J connectivity index is 1.44. The highest BCUT2D eigenvalue weighted by atomic mass is 19.4. The van der Waals surface area contributed by atoms with Crippen LogP contribution in [0.15, 0.2) is 30.3 Å². The highest BCUT2D eigenvalue weighted by Crippen LogP contribution is 2.28. The molecule has 4 heterocycles. The summed E-state index contributed by atoms with van der Waals surface area (Å²) in [6.45, 7) is 3.46. The number of anilines is 1. The summed E-state index contributed by atoms with van der Waals surface area (Å²) in [7, 11) is 1.58. The topological polar surface area (TPSA) is 71.7 Å². The maximum atomic E-state index is 13.0. The summed E-state index contributed by atoms with van der Waals surface area (Å²) >= 11 is 0. The number of aromatic nitrogens is 5. The van der Waals surface area contributed by atoms with Gasteiger partial charge >= 0.3 is 6.18 Å². The number of piperazine rings is 1. The second-order valence-corrected chi connectivity index (χ2v) is 6.42. The van der Waals surface area contributed by atoms with Gasteiger partial charge in [0, 0.05) is 38.8 Å². The number of hydrogen-bond donors (Lipinski definition) is 0. The number of fused-ring (bicyclic) bond motifs is 1. The molecule has 0 aromatic carbocycles.